The highest BCUT2D eigenvalue weighted by atomic mass is 16.7. The van der Waals surface area contributed by atoms with Gasteiger partial charge in [-0.05, 0) is 86.2 Å². The van der Waals surface area contributed by atoms with Crippen molar-refractivity contribution in [3.63, 3.8) is 0 Å². The minimum absolute atomic E-state index is 0.0501. The second-order valence-corrected chi connectivity index (χ2v) is 10.9. The van der Waals surface area contributed by atoms with Crippen LogP contribution in [-0.4, -0.2) is 31.2 Å². The third kappa shape index (κ3) is 2.87. The molecule has 3 fully saturated rings. The molecule has 3 aliphatic carbocycles. The van der Waals surface area contributed by atoms with Crippen molar-refractivity contribution in [1.29, 1.82) is 0 Å². The number of hydrogen-bond donors (Lipinski definition) is 0. The first kappa shape index (κ1) is 20.6. The maximum Gasteiger partial charge on any atom is 0.177 e. The third-order valence-corrected chi connectivity index (χ3v) is 9.24. The van der Waals surface area contributed by atoms with E-state index in [1.165, 1.54) is 30.4 Å². The first-order chi connectivity index (χ1) is 13.2. The predicted octanol–water partition coefficient (Wildman–Crippen LogP) is 6.04. The molecule has 4 aliphatic rings. The van der Waals surface area contributed by atoms with E-state index in [1.54, 1.807) is 0 Å². The second kappa shape index (κ2) is 6.96. The number of fused-ring (bicyclic) bond motifs is 6. The molecule has 4 rings (SSSR count). The molecule has 28 heavy (non-hydrogen) atoms. The SMILES string of the molecule is C=C[C@@H]1O[C@@H]2C3=C(C)CC[C@@](C)(CC4C[C@H](OCC)CC[C@@]4(C)[C@@H]2O1)C3(C)C. The summed E-state index contributed by atoms with van der Waals surface area (Å²) in [5.74, 6) is 0.599. The van der Waals surface area contributed by atoms with Crippen molar-refractivity contribution >= 4 is 0 Å². The Morgan fingerprint density at radius 1 is 1.18 bits per heavy atom. The summed E-state index contributed by atoms with van der Waals surface area (Å²) >= 11 is 0. The summed E-state index contributed by atoms with van der Waals surface area (Å²) in [7, 11) is 0. The van der Waals surface area contributed by atoms with Crippen LogP contribution in [0.1, 0.15) is 80.1 Å². The van der Waals surface area contributed by atoms with Crippen LogP contribution in [0.25, 0.3) is 0 Å². The van der Waals surface area contributed by atoms with Gasteiger partial charge in [-0.2, -0.15) is 0 Å². The van der Waals surface area contributed by atoms with E-state index in [-0.39, 0.29) is 34.7 Å². The van der Waals surface area contributed by atoms with Crippen LogP contribution in [0.3, 0.4) is 0 Å². The van der Waals surface area contributed by atoms with Crippen LogP contribution in [0.2, 0.25) is 0 Å². The lowest BCUT2D eigenvalue weighted by atomic mass is 9.46. The summed E-state index contributed by atoms with van der Waals surface area (Å²) in [5.41, 5.74) is 3.55. The summed E-state index contributed by atoms with van der Waals surface area (Å²) in [5, 5.41) is 0. The fourth-order valence-corrected chi connectivity index (χ4v) is 7.02. The van der Waals surface area contributed by atoms with E-state index in [0.717, 1.165) is 25.9 Å². The lowest BCUT2D eigenvalue weighted by Gasteiger charge is -2.60. The molecule has 1 saturated heterocycles. The number of ether oxygens (including phenoxy) is 3. The Labute approximate surface area is 171 Å². The molecule has 0 amide bonds. The topological polar surface area (TPSA) is 27.7 Å². The molecule has 1 aliphatic heterocycles. The number of allylic oxidation sites excluding steroid dienone is 1. The minimum Gasteiger partial charge on any atom is -0.378 e. The maximum absolute atomic E-state index is 6.57. The van der Waals surface area contributed by atoms with Crippen LogP contribution < -0.4 is 0 Å². The van der Waals surface area contributed by atoms with Gasteiger partial charge < -0.3 is 14.2 Å². The largest absolute Gasteiger partial charge is 0.378 e. The van der Waals surface area contributed by atoms with Crippen LogP contribution in [0, 0.1) is 22.2 Å². The van der Waals surface area contributed by atoms with Gasteiger partial charge in [0, 0.05) is 6.61 Å². The lowest BCUT2D eigenvalue weighted by Crippen LogP contribution is -2.57. The molecule has 2 saturated carbocycles. The van der Waals surface area contributed by atoms with Crippen LogP contribution in [0.15, 0.2) is 23.8 Å². The number of hydrogen-bond acceptors (Lipinski definition) is 3. The average molecular weight is 389 g/mol. The quantitative estimate of drug-likeness (QED) is 0.552. The van der Waals surface area contributed by atoms with Crippen molar-refractivity contribution in [2.24, 2.45) is 22.2 Å². The van der Waals surface area contributed by atoms with Crippen molar-refractivity contribution in [2.45, 2.75) is 105 Å². The van der Waals surface area contributed by atoms with Crippen molar-refractivity contribution in [1.82, 2.24) is 0 Å². The van der Waals surface area contributed by atoms with Crippen molar-refractivity contribution < 1.29 is 14.2 Å². The monoisotopic (exact) mass is 388 g/mol. The van der Waals surface area contributed by atoms with E-state index in [1.807, 2.05) is 6.08 Å². The van der Waals surface area contributed by atoms with Gasteiger partial charge in [0.25, 0.3) is 0 Å². The van der Waals surface area contributed by atoms with E-state index in [0.29, 0.717) is 12.0 Å². The molecule has 0 aromatic heterocycles. The van der Waals surface area contributed by atoms with E-state index < -0.39 is 0 Å². The molecule has 0 aromatic rings. The summed E-state index contributed by atoms with van der Waals surface area (Å²) in [4.78, 5) is 0. The van der Waals surface area contributed by atoms with Crippen LogP contribution in [0.5, 0.6) is 0 Å². The second-order valence-electron chi connectivity index (χ2n) is 10.9. The minimum atomic E-state index is -0.292. The van der Waals surface area contributed by atoms with Gasteiger partial charge in [0.2, 0.25) is 0 Å². The summed E-state index contributed by atoms with van der Waals surface area (Å²) < 4.78 is 19.2. The lowest BCUT2D eigenvalue weighted by molar-refractivity contribution is -0.127. The maximum atomic E-state index is 6.57. The van der Waals surface area contributed by atoms with Gasteiger partial charge >= 0.3 is 0 Å². The molecule has 0 spiro atoms. The zero-order chi connectivity index (χ0) is 20.3. The molecule has 7 atom stereocenters. The fraction of sp³-hybridized carbons (Fsp3) is 0.840. The van der Waals surface area contributed by atoms with Gasteiger partial charge in [-0.15, -0.1) is 0 Å². The van der Waals surface area contributed by atoms with E-state index in [4.69, 9.17) is 14.2 Å². The van der Waals surface area contributed by atoms with Crippen LogP contribution >= 0.6 is 0 Å². The van der Waals surface area contributed by atoms with Gasteiger partial charge in [-0.25, -0.2) is 0 Å². The number of rotatable bonds is 3. The normalized spacial score (nSPS) is 47.7. The van der Waals surface area contributed by atoms with Crippen molar-refractivity contribution in [3.8, 4) is 0 Å². The molecule has 1 heterocycles. The molecule has 3 nitrogen and oxygen atoms in total. The summed E-state index contributed by atoms with van der Waals surface area (Å²) in [6.07, 6.45) is 9.23. The molecule has 158 valence electrons. The van der Waals surface area contributed by atoms with Gasteiger partial charge in [0.1, 0.15) is 6.10 Å². The molecular weight excluding hydrogens is 348 g/mol. The standard InChI is InChI=1S/C25H40O3/c1-8-19-27-21-20-16(3)10-12-24(6,23(20,4)5)15-17-14-18(26-9-2)11-13-25(17,7)22(21)28-19/h8,17-19,21-22H,1,9-15H2,2-7H3/t17?,18-,19-,21-,22-,24+,25-/m1/s1. The Morgan fingerprint density at radius 3 is 2.61 bits per heavy atom. The third-order valence-electron chi connectivity index (χ3n) is 9.24. The molecule has 0 radical (unpaired) electrons. The van der Waals surface area contributed by atoms with Gasteiger partial charge in [0.15, 0.2) is 6.29 Å². The van der Waals surface area contributed by atoms with Gasteiger partial charge in [-0.3, -0.25) is 0 Å². The molecule has 1 unspecified atom stereocenters. The average Bonchev–Trinajstić information content (AvgIpc) is 3.06. The summed E-state index contributed by atoms with van der Waals surface area (Å²) in [6.45, 7) is 19.2. The highest BCUT2D eigenvalue weighted by molar-refractivity contribution is 5.34. The van der Waals surface area contributed by atoms with Crippen LogP contribution in [0.4, 0.5) is 0 Å². The van der Waals surface area contributed by atoms with E-state index in [9.17, 15) is 0 Å². The molecule has 0 N–H and O–H groups in total. The van der Waals surface area contributed by atoms with Crippen LogP contribution in [-0.2, 0) is 14.2 Å². The molecule has 0 aromatic carbocycles. The van der Waals surface area contributed by atoms with Crippen molar-refractivity contribution in [3.05, 3.63) is 23.8 Å². The zero-order valence-electron chi connectivity index (χ0n) is 18.8. The van der Waals surface area contributed by atoms with Gasteiger partial charge in [0.05, 0.1) is 12.2 Å². The Balaban J connectivity index is 1.82. The fourth-order valence-electron chi connectivity index (χ4n) is 7.02. The molecule has 2 bridgehead atoms. The first-order valence-electron chi connectivity index (χ1n) is 11.4. The Hall–Kier alpha value is -0.640. The van der Waals surface area contributed by atoms with E-state index >= 15 is 0 Å². The Morgan fingerprint density at radius 2 is 1.93 bits per heavy atom. The molecular formula is C25H40O3. The van der Waals surface area contributed by atoms with Gasteiger partial charge in [-0.1, -0.05) is 39.8 Å². The smallest absolute Gasteiger partial charge is 0.177 e. The molecule has 3 heteroatoms. The highest BCUT2D eigenvalue weighted by Crippen LogP contribution is 2.65. The Bertz CT molecular complexity index is 665. The first-order valence-corrected chi connectivity index (χ1v) is 11.4. The predicted molar refractivity (Wildman–Crippen MR) is 113 cm³/mol. The van der Waals surface area contributed by atoms with E-state index in [2.05, 4.69) is 48.1 Å². The summed E-state index contributed by atoms with van der Waals surface area (Å²) in [6, 6.07) is 0. The van der Waals surface area contributed by atoms with Crippen molar-refractivity contribution in [2.75, 3.05) is 6.61 Å². The zero-order valence-corrected chi connectivity index (χ0v) is 18.8. The highest BCUT2D eigenvalue weighted by Gasteiger charge is 2.62. The Kier molecular flexibility index (Phi) is 5.13.